The molecule has 15 heavy (non-hydrogen) atoms. The summed E-state index contributed by atoms with van der Waals surface area (Å²) in [5, 5.41) is 3.84. The summed E-state index contributed by atoms with van der Waals surface area (Å²) in [6.45, 7) is 2.39. The van der Waals surface area contributed by atoms with Crippen LogP contribution in [-0.2, 0) is 0 Å². The number of hydrogen-bond acceptors (Lipinski definition) is 2. The lowest BCUT2D eigenvalue weighted by Crippen LogP contribution is -2.45. The molecule has 0 heterocycles. The molecule has 0 aromatic carbocycles. The van der Waals surface area contributed by atoms with Crippen molar-refractivity contribution in [1.29, 1.82) is 0 Å². The molecule has 0 bridgehead atoms. The van der Waals surface area contributed by atoms with Gasteiger partial charge in [0.1, 0.15) is 0 Å². The predicted octanol–water partition coefficient (Wildman–Crippen LogP) is 2.42. The molecule has 4 unspecified atom stereocenters. The first kappa shape index (κ1) is 11.4. The molecule has 2 aliphatic rings. The first-order valence-corrected chi connectivity index (χ1v) is 6.75. The van der Waals surface area contributed by atoms with E-state index in [1.807, 2.05) is 0 Å². The fourth-order valence-electron chi connectivity index (χ4n) is 3.30. The van der Waals surface area contributed by atoms with Gasteiger partial charge in [-0.3, -0.25) is 0 Å². The number of hydrogen-bond donors (Lipinski definition) is 2. The minimum Gasteiger partial charge on any atom is -0.328 e. The van der Waals surface area contributed by atoms with Crippen molar-refractivity contribution in [3.8, 4) is 0 Å². The lowest BCUT2D eigenvalue weighted by Gasteiger charge is -2.34. The van der Waals surface area contributed by atoms with Crippen LogP contribution in [0.15, 0.2) is 0 Å². The number of nitrogens with one attached hydrogen (secondary N) is 1. The second-order valence-corrected chi connectivity index (χ2v) is 5.76. The zero-order valence-electron chi connectivity index (χ0n) is 10.0. The summed E-state index contributed by atoms with van der Waals surface area (Å²) < 4.78 is 0. The van der Waals surface area contributed by atoms with Crippen LogP contribution in [-0.4, -0.2) is 18.1 Å². The van der Waals surface area contributed by atoms with Crippen LogP contribution in [0.25, 0.3) is 0 Å². The Kier molecular flexibility index (Phi) is 4.04. The standard InChI is InChI=1S/C13H26N2/c1-10-4-2-6-12(8-10)15-13-7-3-5-11(14)9-13/h10-13,15H,2-9,14H2,1H3. The van der Waals surface area contributed by atoms with E-state index in [1.165, 1.54) is 51.4 Å². The molecule has 0 aromatic heterocycles. The number of nitrogens with two attached hydrogens (primary N) is 1. The van der Waals surface area contributed by atoms with E-state index in [1.54, 1.807) is 0 Å². The molecule has 2 nitrogen and oxygen atoms in total. The summed E-state index contributed by atoms with van der Waals surface area (Å²) in [5.74, 6) is 0.925. The second-order valence-electron chi connectivity index (χ2n) is 5.76. The van der Waals surface area contributed by atoms with E-state index in [9.17, 15) is 0 Å². The van der Waals surface area contributed by atoms with Gasteiger partial charge in [0.15, 0.2) is 0 Å². The molecule has 88 valence electrons. The van der Waals surface area contributed by atoms with Crippen molar-refractivity contribution in [3.05, 3.63) is 0 Å². The average Bonchev–Trinajstić information content (AvgIpc) is 2.17. The highest BCUT2D eigenvalue weighted by molar-refractivity contribution is 4.84. The Labute approximate surface area is 94.0 Å². The maximum atomic E-state index is 6.02. The van der Waals surface area contributed by atoms with E-state index in [4.69, 9.17) is 5.73 Å². The van der Waals surface area contributed by atoms with E-state index in [0.29, 0.717) is 12.1 Å². The largest absolute Gasteiger partial charge is 0.328 e. The normalized spacial score (nSPS) is 42.8. The Hall–Kier alpha value is -0.0800. The van der Waals surface area contributed by atoms with Crippen LogP contribution in [0.1, 0.15) is 58.3 Å². The van der Waals surface area contributed by atoms with Crippen molar-refractivity contribution in [1.82, 2.24) is 5.32 Å². The lowest BCUT2D eigenvalue weighted by atomic mass is 9.85. The van der Waals surface area contributed by atoms with Gasteiger partial charge in [0.05, 0.1) is 0 Å². The van der Waals surface area contributed by atoms with E-state index in [0.717, 1.165) is 12.0 Å². The molecule has 2 heteroatoms. The van der Waals surface area contributed by atoms with Crippen molar-refractivity contribution in [2.75, 3.05) is 0 Å². The molecule has 2 saturated carbocycles. The molecule has 3 N–H and O–H groups in total. The summed E-state index contributed by atoms with van der Waals surface area (Å²) in [4.78, 5) is 0. The van der Waals surface area contributed by atoms with Crippen LogP contribution < -0.4 is 11.1 Å². The van der Waals surface area contributed by atoms with E-state index in [2.05, 4.69) is 12.2 Å². The maximum Gasteiger partial charge on any atom is 0.00843 e. The third-order valence-electron chi connectivity index (χ3n) is 4.12. The van der Waals surface area contributed by atoms with Gasteiger partial charge < -0.3 is 11.1 Å². The molecule has 0 saturated heterocycles. The van der Waals surface area contributed by atoms with Gasteiger partial charge in [0, 0.05) is 18.1 Å². The topological polar surface area (TPSA) is 38.0 Å². The maximum absolute atomic E-state index is 6.02. The van der Waals surface area contributed by atoms with Crippen molar-refractivity contribution >= 4 is 0 Å². The molecule has 2 aliphatic carbocycles. The van der Waals surface area contributed by atoms with E-state index < -0.39 is 0 Å². The van der Waals surface area contributed by atoms with Crippen molar-refractivity contribution in [3.63, 3.8) is 0 Å². The monoisotopic (exact) mass is 210 g/mol. The fourth-order valence-corrected chi connectivity index (χ4v) is 3.30. The van der Waals surface area contributed by atoms with Crippen molar-refractivity contribution < 1.29 is 0 Å². The van der Waals surface area contributed by atoms with Crippen LogP contribution in [0.4, 0.5) is 0 Å². The van der Waals surface area contributed by atoms with Gasteiger partial charge in [-0.25, -0.2) is 0 Å². The van der Waals surface area contributed by atoms with Crippen LogP contribution in [0.3, 0.4) is 0 Å². The van der Waals surface area contributed by atoms with Gasteiger partial charge >= 0.3 is 0 Å². The molecular weight excluding hydrogens is 184 g/mol. The lowest BCUT2D eigenvalue weighted by molar-refractivity contribution is 0.246. The summed E-state index contributed by atoms with van der Waals surface area (Å²) in [7, 11) is 0. The van der Waals surface area contributed by atoms with Crippen molar-refractivity contribution in [2.24, 2.45) is 11.7 Å². The van der Waals surface area contributed by atoms with Gasteiger partial charge in [-0.1, -0.05) is 26.2 Å². The number of rotatable bonds is 2. The first-order chi connectivity index (χ1) is 7.24. The Morgan fingerprint density at radius 3 is 2.27 bits per heavy atom. The summed E-state index contributed by atoms with van der Waals surface area (Å²) >= 11 is 0. The smallest absolute Gasteiger partial charge is 0.00843 e. The molecule has 2 rings (SSSR count). The SMILES string of the molecule is CC1CCCC(NC2CCCC(N)C2)C1. The highest BCUT2D eigenvalue weighted by atomic mass is 15.0. The first-order valence-electron chi connectivity index (χ1n) is 6.75. The van der Waals surface area contributed by atoms with E-state index >= 15 is 0 Å². The summed E-state index contributed by atoms with van der Waals surface area (Å²) in [5.41, 5.74) is 6.02. The molecule has 2 fully saturated rings. The zero-order valence-corrected chi connectivity index (χ0v) is 10.0. The summed E-state index contributed by atoms with van der Waals surface area (Å²) in [6, 6.07) is 1.95. The third kappa shape index (κ3) is 3.46. The van der Waals surface area contributed by atoms with Gasteiger partial charge in [0.25, 0.3) is 0 Å². The highest BCUT2D eigenvalue weighted by Gasteiger charge is 2.24. The van der Waals surface area contributed by atoms with E-state index in [-0.39, 0.29) is 0 Å². The zero-order chi connectivity index (χ0) is 10.7. The molecule has 0 aliphatic heterocycles. The van der Waals surface area contributed by atoms with Gasteiger partial charge in [0.2, 0.25) is 0 Å². The molecule has 0 spiro atoms. The molecule has 0 amide bonds. The van der Waals surface area contributed by atoms with Gasteiger partial charge in [-0.15, -0.1) is 0 Å². The Bertz CT molecular complexity index is 173. The molecule has 0 radical (unpaired) electrons. The van der Waals surface area contributed by atoms with Gasteiger partial charge in [-0.2, -0.15) is 0 Å². The second kappa shape index (κ2) is 5.31. The van der Waals surface area contributed by atoms with Crippen LogP contribution in [0.2, 0.25) is 0 Å². The Morgan fingerprint density at radius 1 is 0.933 bits per heavy atom. The van der Waals surface area contributed by atoms with Crippen LogP contribution in [0.5, 0.6) is 0 Å². The average molecular weight is 210 g/mol. The van der Waals surface area contributed by atoms with Crippen molar-refractivity contribution in [2.45, 2.75) is 76.4 Å². The Morgan fingerprint density at radius 2 is 1.60 bits per heavy atom. The third-order valence-corrected chi connectivity index (χ3v) is 4.12. The fraction of sp³-hybridized carbons (Fsp3) is 1.00. The van der Waals surface area contributed by atoms with Crippen LogP contribution >= 0.6 is 0 Å². The molecular formula is C13H26N2. The quantitative estimate of drug-likeness (QED) is 0.734. The Balaban J connectivity index is 1.75. The van der Waals surface area contributed by atoms with Gasteiger partial charge in [-0.05, 0) is 38.0 Å². The minimum absolute atomic E-state index is 0.456. The van der Waals surface area contributed by atoms with Crippen LogP contribution in [0, 0.1) is 5.92 Å². The predicted molar refractivity (Wildman–Crippen MR) is 64.8 cm³/mol. The highest BCUT2D eigenvalue weighted by Crippen LogP contribution is 2.25. The molecule has 0 aromatic rings. The summed E-state index contributed by atoms with van der Waals surface area (Å²) in [6.07, 6.45) is 10.7. The molecule has 4 atom stereocenters. The minimum atomic E-state index is 0.456.